The Balaban J connectivity index is 2.55. The van der Waals surface area contributed by atoms with Gasteiger partial charge in [-0.3, -0.25) is 4.74 Å². The molecule has 1 saturated heterocycles. The van der Waals surface area contributed by atoms with E-state index in [0.717, 1.165) is 0 Å². The lowest BCUT2D eigenvalue weighted by atomic mass is 10.3. The van der Waals surface area contributed by atoms with Crippen molar-refractivity contribution >= 4 is 11.6 Å². The van der Waals surface area contributed by atoms with E-state index in [1.807, 2.05) is 0 Å². The fourth-order valence-corrected chi connectivity index (χ4v) is 1.32. The fourth-order valence-electron chi connectivity index (χ4n) is 0.973. The summed E-state index contributed by atoms with van der Waals surface area (Å²) in [6, 6.07) is 0. The molecule has 4 nitrogen and oxygen atoms in total. The maximum Gasteiger partial charge on any atom is 0.284 e. The Bertz CT molecular complexity index is 143. The fraction of sp³-hybridized carbons (Fsp3) is 1.00. The molecule has 0 bridgehead atoms. The highest BCUT2D eigenvalue weighted by atomic mass is 35.5. The standard InChI is InChI=1S/C6H11ClO4/c1-9-5-4(7)3-6(8,10-2)11-5/h4-5,8H,3H2,1-2H3. The van der Waals surface area contributed by atoms with Gasteiger partial charge >= 0.3 is 0 Å². The molecule has 0 amide bonds. The average molecular weight is 183 g/mol. The SMILES string of the molecule is COC1OC(O)(OC)CC1Cl. The molecule has 3 atom stereocenters. The highest BCUT2D eigenvalue weighted by molar-refractivity contribution is 6.21. The van der Waals surface area contributed by atoms with Gasteiger partial charge in [0.05, 0.1) is 11.8 Å². The minimum absolute atomic E-state index is 0.212. The van der Waals surface area contributed by atoms with Crippen LogP contribution in [0, 0.1) is 0 Å². The topological polar surface area (TPSA) is 47.9 Å². The second-order valence-corrected chi connectivity index (χ2v) is 2.92. The number of hydrogen-bond donors (Lipinski definition) is 1. The number of alkyl halides is 1. The van der Waals surface area contributed by atoms with Crippen molar-refractivity contribution < 1.29 is 19.3 Å². The van der Waals surface area contributed by atoms with Crippen LogP contribution in [0.3, 0.4) is 0 Å². The molecule has 0 spiro atoms. The second kappa shape index (κ2) is 3.25. The molecule has 0 aromatic rings. The molecule has 0 aromatic carbocycles. The summed E-state index contributed by atoms with van der Waals surface area (Å²) in [6.07, 6.45) is -0.384. The molecule has 1 heterocycles. The maximum atomic E-state index is 9.36. The van der Waals surface area contributed by atoms with E-state index in [-0.39, 0.29) is 11.8 Å². The molecule has 1 aliphatic heterocycles. The van der Waals surface area contributed by atoms with Crippen molar-refractivity contribution in [1.82, 2.24) is 0 Å². The third-order valence-electron chi connectivity index (χ3n) is 1.60. The molecule has 0 radical (unpaired) electrons. The largest absolute Gasteiger partial charge is 0.354 e. The van der Waals surface area contributed by atoms with Crippen LogP contribution in [-0.2, 0) is 14.2 Å². The second-order valence-electron chi connectivity index (χ2n) is 2.36. The highest BCUT2D eigenvalue weighted by Crippen LogP contribution is 2.32. The van der Waals surface area contributed by atoms with E-state index < -0.39 is 12.3 Å². The number of rotatable bonds is 2. The summed E-state index contributed by atoms with van der Waals surface area (Å²) in [7, 11) is 2.81. The normalized spacial score (nSPS) is 44.7. The lowest BCUT2D eigenvalue weighted by molar-refractivity contribution is -0.360. The molecule has 0 saturated carbocycles. The Labute approximate surface area is 70.0 Å². The van der Waals surface area contributed by atoms with Gasteiger partial charge in [0.1, 0.15) is 0 Å². The highest BCUT2D eigenvalue weighted by Gasteiger charge is 2.45. The minimum atomic E-state index is -1.58. The Morgan fingerprint density at radius 1 is 1.64 bits per heavy atom. The number of hydrogen-bond acceptors (Lipinski definition) is 4. The van der Waals surface area contributed by atoms with Gasteiger partial charge < -0.3 is 14.6 Å². The lowest BCUT2D eigenvalue weighted by Crippen LogP contribution is -2.31. The van der Waals surface area contributed by atoms with Crippen molar-refractivity contribution in [2.45, 2.75) is 24.1 Å². The third kappa shape index (κ3) is 1.83. The van der Waals surface area contributed by atoms with Gasteiger partial charge in [0.25, 0.3) is 5.97 Å². The third-order valence-corrected chi connectivity index (χ3v) is 1.96. The van der Waals surface area contributed by atoms with Crippen LogP contribution in [0.15, 0.2) is 0 Å². The van der Waals surface area contributed by atoms with E-state index >= 15 is 0 Å². The van der Waals surface area contributed by atoms with Gasteiger partial charge in [-0.15, -0.1) is 11.6 Å². The van der Waals surface area contributed by atoms with E-state index in [2.05, 4.69) is 4.74 Å². The molecule has 1 N–H and O–H groups in total. The van der Waals surface area contributed by atoms with Crippen LogP contribution in [0.5, 0.6) is 0 Å². The molecular formula is C6H11ClO4. The molecule has 66 valence electrons. The van der Waals surface area contributed by atoms with Crippen molar-refractivity contribution in [1.29, 1.82) is 0 Å². The van der Waals surface area contributed by atoms with Gasteiger partial charge in [0, 0.05) is 14.2 Å². The molecular weight excluding hydrogens is 172 g/mol. The summed E-state index contributed by atoms with van der Waals surface area (Å²) in [6.45, 7) is 0. The number of ether oxygens (including phenoxy) is 3. The molecule has 1 fully saturated rings. The van der Waals surface area contributed by atoms with E-state index in [1.165, 1.54) is 14.2 Å². The van der Waals surface area contributed by atoms with Gasteiger partial charge in [-0.2, -0.15) is 0 Å². The first-order chi connectivity index (χ1) is 5.11. The summed E-state index contributed by atoms with van der Waals surface area (Å²) in [5, 5.41) is 8.99. The van der Waals surface area contributed by atoms with Crippen molar-refractivity contribution in [3.63, 3.8) is 0 Å². The molecule has 0 aliphatic carbocycles. The lowest BCUT2D eigenvalue weighted by Gasteiger charge is -2.19. The van der Waals surface area contributed by atoms with Crippen molar-refractivity contribution in [2.24, 2.45) is 0 Å². The van der Waals surface area contributed by atoms with Gasteiger partial charge in [0.2, 0.25) is 0 Å². The summed E-state index contributed by atoms with van der Waals surface area (Å²) >= 11 is 5.75. The van der Waals surface area contributed by atoms with Gasteiger partial charge in [-0.1, -0.05) is 0 Å². The van der Waals surface area contributed by atoms with E-state index in [9.17, 15) is 5.11 Å². The van der Waals surface area contributed by atoms with Gasteiger partial charge in [-0.25, -0.2) is 0 Å². The molecule has 1 aliphatic rings. The van der Waals surface area contributed by atoms with E-state index in [1.54, 1.807) is 0 Å². The zero-order valence-corrected chi connectivity index (χ0v) is 7.17. The predicted molar refractivity (Wildman–Crippen MR) is 38.1 cm³/mol. The Morgan fingerprint density at radius 3 is 2.55 bits per heavy atom. The maximum absolute atomic E-state index is 9.36. The minimum Gasteiger partial charge on any atom is -0.354 e. The van der Waals surface area contributed by atoms with Crippen LogP contribution < -0.4 is 0 Å². The van der Waals surface area contributed by atoms with Gasteiger partial charge in [-0.05, 0) is 0 Å². The summed E-state index contributed by atoms with van der Waals surface area (Å²) in [5.41, 5.74) is 0. The summed E-state index contributed by atoms with van der Waals surface area (Å²) in [5.74, 6) is -1.58. The molecule has 0 aromatic heterocycles. The molecule has 3 unspecified atom stereocenters. The van der Waals surface area contributed by atoms with Crippen LogP contribution >= 0.6 is 11.6 Å². The van der Waals surface area contributed by atoms with Crippen LogP contribution in [0.2, 0.25) is 0 Å². The first-order valence-corrected chi connectivity index (χ1v) is 3.67. The van der Waals surface area contributed by atoms with E-state index in [0.29, 0.717) is 0 Å². The molecule has 1 rings (SSSR count). The zero-order chi connectivity index (χ0) is 8.48. The number of halogens is 1. The van der Waals surface area contributed by atoms with Crippen LogP contribution in [0.1, 0.15) is 6.42 Å². The Hall–Kier alpha value is 0.130. The monoisotopic (exact) mass is 182 g/mol. The first-order valence-electron chi connectivity index (χ1n) is 3.23. The number of methoxy groups -OCH3 is 2. The van der Waals surface area contributed by atoms with Gasteiger partial charge in [0.15, 0.2) is 6.29 Å². The molecule has 5 heteroatoms. The summed E-state index contributed by atoms with van der Waals surface area (Å²) in [4.78, 5) is 0. The van der Waals surface area contributed by atoms with E-state index in [4.69, 9.17) is 21.1 Å². The average Bonchev–Trinajstić information content (AvgIpc) is 2.27. The zero-order valence-electron chi connectivity index (χ0n) is 6.41. The Kier molecular flexibility index (Phi) is 2.72. The van der Waals surface area contributed by atoms with Crippen molar-refractivity contribution in [3.8, 4) is 0 Å². The summed E-state index contributed by atoms with van der Waals surface area (Å²) < 4.78 is 14.4. The predicted octanol–water partition coefficient (Wildman–Crippen LogP) is 0.279. The van der Waals surface area contributed by atoms with Crippen molar-refractivity contribution in [2.75, 3.05) is 14.2 Å². The van der Waals surface area contributed by atoms with Crippen LogP contribution in [-0.4, -0.2) is 37.0 Å². The first kappa shape index (κ1) is 9.22. The Morgan fingerprint density at radius 2 is 2.27 bits per heavy atom. The smallest absolute Gasteiger partial charge is 0.284 e. The van der Waals surface area contributed by atoms with Crippen molar-refractivity contribution in [3.05, 3.63) is 0 Å². The molecule has 11 heavy (non-hydrogen) atoms. The van der Waals surface area contributed by atoms with Crippen LogP contribution in [0.4, 0.5) is 0 Å². The quantitative estimate of drug-likeness (QED) is 0.492. The van der Waals surface area contributed by atoms with Crippen LogP contribution in [0.25, 0.3) is 0 Å². The number of aliphatic hydroxyl groups is 1.